The normalized spacial score (nSPS) is 20.2. The Morgan fingerprint density at radius 2 is 2.29 bits per heavy atom. The molecule has 0 aliphatic carbocycles. The molecule has 0 amide bonds. The Labute approximate surface area is 85.9 Å². The number of rotatable bonds is 1. The van der Waals surface area contributed by atoms with E-state index >= 15 is 0 Å². The fourth-order valence-electron chi connectivity index (χ4n) is 2.00. The average molecular weight is 190 g/mol. The van der Waals surface area contributed by atoms with Gasteiger partial charge in [0.15, 0.2) is 0 Å². The van der Waals surface area contributed by atoms with Crippen LogP contribution in [0, 0.1) is 0 Å². The van der Waals surface area contributed by atoms with Crippen LogP contribution in [0.3, 0.4) is 0 Å². The highest BCUT2D eigenvalue weighted by molar-refractivity contribution is 5.75. The van der Waals surface area contributed by atoms with Crippen LogP contribution in [-0.4, -0.2) is 19.6 Å². The molecule has 0 spiro atoms. The molecule has 1 atom stereocenters. The van der Waals surface area contributed by atoms with Crippen LogP contribution in [0.25, 0.3) is 0 Å². The second kappa shape index (κ2) is 3.52. The first-order valence-corrected chi connectivity index (χ1v) is 5.32. The molecule has 0 saturated carbocycles. The Morgan fingerprint density at radius 1 is 1.50 bits per heavy atom. The Balaban J connectivity index is 2.47. The smallest absolute Gasteiger partial charge is 0.0611 e. The number of nitrogens with zero attached hydrogens (tertiary/aromatic N) is 1. The van der Waals surface area contributed by atoms with Crippen molar-refractivity contribution in [3.8, 4) is 0 Å². The Bertz CT molecular complexity index is 333. The Morgan fingerprint density at radius 3 is 3.00 bits per heavy atom. The van der Waals surface area contributed by atoms with Gasteiger partial charge in [0.2, 0.25) is 0 Å². The van der Waals surface area contributed by atoms with Gasteiger partial charge in [-0.2, -0.15) is 0 Å². The van der Waals surface area contributed by atoms with Gasteiger partial charge in [0.25, 0.3) is 0 Å². The molecule has 76 valence electrons. The van der Waals surface area contributed by atoms with Crippen LogP contribution >= 0.6 is 0 Å². The zero-order valence-corrected chi connectivity index (χ0v) is 9.17. The monoisotopic (exact) mass is 190 g/mol. The lowest BCUT2D eigenvalue weighted by molar-refractivity contribution is 0.697. The van der Waals surface area contributed by atoms with Crippen molar-refractivity contribution in [3.05, 3.63) is 23.8 Å². The highest BCUT2D eigenvalue weighted by atomic mass is 15.2. The third-order valence-corrected chi connectivity index (χ3v) is 3.13. The van der Waals surface area contributed by atoms with Crippen molar-refractivity contribution in [1.82, 2.24) is 0 Å². The molecule has 1 N–H and O–H groups in total. The minimum Gasteiger partial charge on any atom is -0.381 e. The van der Waals surface area contributed by atoms with E-state index in [1.54, 1.807) is 0 Å². The van der Waals surface area contributed by atoms with Crippen molar-refractivity contribution < 1.29 is 0 Å². The summed E-state index contributed by atoms with van der Waals surface area (Å²) in [5, 5.41) is 3.52. The quantitative estimate of drug-likeness (QED) is 0.732. The summed E-state index contributed by atoms with van der Waals surface area (Å²) >= 11 is 0. The molecule has 1 aliphatic heterocycles. The van der Waals surface area contributed by atoms with E-state index in [1.165, 1.54) is 16.9 Å². The average Bonchev–Trinajstić information content (AvgIpc) is 2.23. The number of benzene rings is 1. The maximum atomic E-state index is 3.52. The molecule has 2 rings (SSSR count). The van der Waals surface area contributed by atoms with Crippen molar-refractivity contribution in [3.63, 3.8) is 0 Å². The summed E-state index contributed by atoms with van der Waals surface area (Å²) in [5.74, 6) is 0. The van der Waals surface area contributed by atoms with Gasteiger partial charge < -0.3 is 10.2 Å². The molecule has 0 fully saturated rings. The SMILES string of the molecule is CCc1cccc2c1NCC(C)N2C. The molecule has 14 heavy (non-hydrogen) atoms. The van der Waals surface area contributed by atoms with Crippen LogP contribution in [-0.2, 0) is 6.42 Å². The molecular weight excluding hydrogens is 172 g/mol. The predicted molar refractivity (Wildman–Crippen MR) is 62.2 cm³/mol. The third kappa shape index (κ3) is 1.35. The summed E-state index contributed by atoms with van der Waals surface area (Å²) in [6.45, 7) is 5.49. The lowest BCUT2D eigenvalue weighted by Gasteiger charge is -2.35. The van der Waals surface area contributed by atoms with Gasteiger partial charge in [0.05, 0.1) is 11.4 Å². The molecule has 0 saturated heterocycles. The molecule has 0 bridgehead atoms. The van der Waals surface area contributed by atoms with Crippen molar-refractivity contribution in [1.29, 1.82) is 0 Å². The van der Waals surface area contributed by atoms with Crippen LogP contribution in [0.5, 0.6) is 0 Å². The maximum absolute atomic E-state index is 3.52. The van der Waals surface area contributed by atoms with Crippen molar-refractivity contribution in [2.75, 3.05) is 23.8 Å². The van der Waals surface area contributed by atoms with Crippen molar-refractivity contribution >= 4 is 11.4 Å². The van der Waals surface area contributed by atoms with E-state index in [-0.39, 0.29) is 0 Å². The van der Waals surface area contributed by atoms with Gasteiger partial charge in [0, 0.05) is 19.6 Å². The molecule has 2 nitrogen and oxygen atoms in total. The minimum atomic E-state index is 0.578. The van der Waals surface area contributed by atoms with Gasteiger partial charge in [-0.25, -0.2) is 0 Å². The number of aryl methyl sites for hydroxylation is 1. The summed E-state index contributed by atoms with van der Waals surface area (Å²) < 4.78 is 0. The van der Waals surface area contributed by atoms with Gasteiger partial charge in [-0.1, -0.05) is 19.1 Å². The first-order valence-electron chi connectivity index (χ1n) is 5.32. The number of anilines is 2. The highest BCUT2D eigenvalue weighted by Gasteiger charge is 2.20. The Hall–Kier alpha value is -1.18. The largest absolute Gasteiger partial charge is 0.381 e. The van der Waals surface area contributed by atoms with E-state index in [4.69, 9.17) is 0 Å². The van der Waals surface area contributed by atoms with Crippen molar-refractivity contribution in [2.45, 2.75) is 26.3 Å². The summed E-state index contributed by atoms with van der Waals surface area (Å²) in [6, 6.07) is 7.12. The summed E-state index contributed by atoms with van der Waals surface area (Å²) in [5.41, 5.74) is 4.08. The molecule has 2 heteroatoms. The van der Waals surface area contributed by atoms with Crippen LogP contribution in [0.15, 0.2) is 18.2 Å². The lowest BCUT2D eigenvalue weighted by Crippen LogP contribution is -2.39. The first-order chi connectivity index (χ1) is 6.74. The maximum Gasteiger partial charge on any atom is 0.0611 e. The fraction of sp³-hybridized carbons (Fsp3) is 0.500. The van der Waals surface area contributed by atoms with Crippen molar-refractivity contribution in [2.24, 2.45) is 0 Å². The zero-order valence-electron chi connectivity index (χ0n) is 9.17. The van der Waals surface area contributed by atoms with Gasteiger partial charge in [0.1, 0.15) is 0 Å². The molecular formula is C12H18N2. The second-order valence-electron chi connectivity index (χ2n) is 4.01. The minimum absolute atomic E-state index is 0.578. The van der Waals surface area contributed by atoms with Gasteiger partial charge in [-0.05, 0) is 25.0 Å². The van der Waals surface area contributed by atoms with Crippen LogP contribution < -0.4 is 10.2 Å². The van der Waals surface area contributed by atoms with E-state index in [2.05, 4.69) is 49.3 Å². The Kier molecular flexibility index (Phi) is 2.36. The topological polar surface area (TPSA) is 15.3 Å². The van der Waals surface area contributed by atoms with Crippen LogP contribution in [0.2, 0.25) is 0 Å². The lowest BCUT2D eigenvalue weighted by atomic mass is 10.0. The van der Waals surface area contributed by atoms with Gasteiger partial charge >= 0.3 is 0 Å². The summed E-state index contributed by atoms with van der Waals surface area (Å²) in [7, 11) is 2.17. The van der Waals surface area contributed by atoms with E-state index < -0.39 is 0 Å². The number of fused-ring (bicyclic) bond motifs is 1. The third-order valence-electron chi connectivity index (χ3n) is 3.13. The standard InChI is InChI=1S/C12H18N2/c1-4-10-6-5-7-11-12(10)13-8-9(2)14(11)3/h5-7,9,13H,4,8H2,1-3H3. The zero-order chi connectivity index (χ0) is 10.1. The van der Waals surface area contributed by atoms with E-state index in [9.17, 15) is 0 Å². The van der Waals surface area contributed by atoms with Gasteiger partial charge in [-0.3, -0.25) is 0 Å². The van der Waals surface area contributed by atoms with Crippen LogP contribution in [0.4, 0.5) is 11.4 Å². The number of nitrogens with one attached hydrogen (secondary N) is 1. The number of hydrogen-bond donors (Lipinski definition) is 1. The number of hydrogen-bond acceptors (Lipinski definition) is 2. The summed E-state index contributed by atoms with van der Waals surface area (Å²) in [6.07, 6.45) is 1.10. The van der Waals surface area contributed by atoms with E-state index in [1.807, 2.05) is 0 Å². The number of likely N-dealkylation sites (N-methyl/N-ethyl adjacent to an activating group) is 1. The first kappa shape index (κ1) is 9.38. The number of para-hydroxylation sites is 1. The molecule has 1 unspecified atom stereocenters. The second-order valence-corrected chi connectivity index (χ2v) is 4.01. The molecule has 1 aliphatic rings. The van der Waals surface area contributed by atoms with Gasteiger partial charge in [-0.15, -0.1) is 0 Å². The molecule has 1 heterocycles. The molecule has 0 radical (unpaired) electrons. The summed E-state index contributed by atoms with van der Waals surface area (Å²) in [4.78, 5) is 2.35. The molecule has 1 aromatic rings. The highest BCUT2D eigenvalue weighted by Crippen LogP contribution is 2.33. The fourth-order valence-corrected chi connectivity index (χ4v) is 2.00. The molecule has 1 aromatic carbocycles. The van der Waals surface area contributed by atoms with E-state index in [0.29, 0.717) is 6.04 Å². The van der Waals surface area contributed by atoms with Crippen LogP contribution in [0.1, 0.15) is 19.4 Å². The predicted octanol–water partition coefficient (Wildman–Crippen LogP) is 2.50. The molecule has 0 aromatic heterocycles. The van der Waals surface area contributed by atoms with E-state index in [0.717, 1.165) is 13.0 Å².